The number of aromatic nitrogens is 2. The largest absolute Gasteiger partial charge is 0.357 e. The summed E-state index contributed by atoms with van der Waals surface area (Å²) in [6.45, 7) is 7.54. The van der Waals surface area contributed by atoms with Gasteiger partial charge in [0, 0.05) is 32.0 Å². The quantitative estimate of drug-likeness (QED) is 0.349. The second-order valence-corrected chi connectivity index (χ2v) is 6.78. The standard InChI is InChI=1S/C20H29FN6.HI/c1-2-23-20(24-9-12-26-10-4-3-5-11-26)25-15-17-6-7-19(18(21)14-17)27-13-8-22-16-27;/h6-8,13-14,16H,2-5,9-12,15H2,1H3,(H2,23,24,25);1H. The Hall–Kier alpha value is -1.68. The van der Waals surface area contributed by atoms with Gasteiger partial charge >= 0.3 is 0 Å². The second-order valence-electron chi connectivity index (χ2n) is 6.78. The molecule has 0 aliphatic carbocycles. The lowest BCUT2D eigenvalue weighted by atomic mass is 10.1. The lowest BCUT2D eigenvalue weighted by molar-refractivity contribution is 0.232. The SMILES string of the molecule is CCNC(=NCc1ccc(-n2ccnc2)c(F)c1)NCCN1CCCCC1.I. The van der Waals surface area contributed by atoms with E-state index in [1.807, 2.05) is 13.0 Å². The van der Waals surface area contributed by atoms with Crippen LogP contribution in [-0.2, 0) is 6.54 Å². The van der Waals surface area contributed by atoms with Gasteiger partial charge in [-0.15, -0.1) is 24.0 Å². The first kappa shape index (κ1) is 22.6. The molecule has 8 heteroatoms. The van der Waals surface area contributed by atoms with Crippen molar-refractivity contribution in [1.82, 2.24) is 25.1 Å². The number of likely N-dealkylation sites (tertiary alicyclic amines) is 1. The van der Waals surface area contributed by atoms with Gasteiger partial charge in [0.2, 0.25) is 0 Å². The highest BCUT2D eigenvalue weighted by Crippen LogP contribution is 2.15. The number of nitrogens with one attached hydrogen (secondary N) is 2. The highest BCUT2D eigenvalue weighted by molar-refractivity contribution is 14.0. The van der Waals surface area contributed by atoms with Crippen molar-refractivity contribution in [3.05, 3.63) is 48.3 Å². The Bertz CT molecular complexity index is 728. The van der Waals surface area contributed by atoms with Gasteiger partial charge in [0.25, 0.3) is 0 Å². The average Bonchev–Trinajstić information content (AvgIpc) is 3.21. The molecule has 0 spiro atoms. The molecule has 3 rings (SSSR count). The van der Waals surface area contributed by atoms with Gasteiger partial charge < -0.3 is 20.1 Å². The van der Waals surface area contributed by atoms with Crippen LogP contribution >= 0.6 is 24.0 Å². The predicted molar refractivity (Wildman–Crippen MR) is 122 cm³/mol. The summed E-state index contributed by atoms with van der Waals surface area (Å²) in [6.07, 6.45) is 8.90. The molecule has 1 saturated heterocycles. The summed E-state index contributed by atoms with van der Waals surface area (Å²) >= 11 is 0. The number of hydrogen-bond donors (Lipinski definition) is 2. The van der Waals surface area contributed by atoms with Crippen molar-refractivity contribution in [3.63, 3.8) is 0 Å². The fourth-order valence-corrected chi connectivity index (χ4v) is 3.29. The van der Waals surface area contributed by atoms with E-state index in [9.17, 15) is 4.39 Å². The van der Waals surface area contributed by atoms with Gasteiger partial charge in [-0.05, 0) is 50.6 Å². The van der Waals surface area contributed by atoms with Gasteiger partial charge in [-0.2, -0.15) is 0 Å². The van der Waals surface area contributed by atoms with Crippen LogP contribution in [0, 0.1) is 5.82 Å². The number of halogens is 2. The molecule has 0 unspecified atom stereocenters. The summed E-state index contributed by atoms with van der Waals surface area (Å²) in [4.78, 5) is 11.0. The Balaban J connectivity index is 0.00000280. The maximum atomic E-state index is 14.4. The van der Waals surface area contributed by atoms with E-state index in [0.717, 1.165) is 31.2 Å². The van der Waals surface area contributed by atoms with E-state index in [-0.39, 0.29) is 29.8 Å². The third-order valence-electron chi connectivity index (χ3n) is 4.73. The van der Waals surface area contributed by atoms with Gasteiger partial charge in [0.1, 0.15) is 5.82 Å². The topological polar surface area (TPSA) is 57.5 Å². The fraction of sp³-hybridized carbons (Fsp3) is 0.500. The van der Waals surface area contributed by atoms with Crippen LogP contribution in [0.2, 0.25) is 0 Å². The molecular weight excluding hydrogens is 470 g/mol. The average molecular weight is 500 g/mol. The summed E-state index contributed by atoms with van der Waals surface area (Å²) < 4.78 is 16.0. The maximum absolute atomic E-state index is 14.4. The molecular formula is C20H30FIN6. The molecule has 1 fully saturated rings. The molecule has 2 N–H and O–H groups in total. The van der Waals surface area contributed by atoms with E-state index < -0.39 is 0 Å². The molecule has 1 aliphatic heterocycles. The number of hydrogen-bond acceptors (Lipinski definition) is 3. The van der Waals surface area contributed by atoms with Crippen LogP contribution in [0.4, 0.5) is 4.39 Å². The Labute approximate surface area is 183 Å². The Morgan fingerprint density at radius 2 is 2.04 bits per heavy atom. The van der Waals surface area contributed by atoms with E-state index in [0.29, 0.717) is 12.2 Å². The smallest absolute Gasteiger partial charge is 0.191 e. The maximum Gasteiger partial charge on any atom is 0.191 e. The van der Waals surface area contributed by atoms with E-state index in [4.69, 9.17) is 0 Å². The molecule has 0 bridgehead atoms. The number of imidazole rings is 1. The Morgan fingerprint density at radius 3 is 2.71 bits per heavy atom. The van der Waals surface area contributed by atoms with E-state index in [2.05, 4.69) is 25.5 Å². The molecule has 1 aromatic heterocycles. The first-order chi connectivity index (χ1) is 13.3. The van der Waals surface area contributed by atoms with Crippen LogP contribution in [0.15, 0.2) is 41.9 Å². The number of piperidine rings is 1. The third kappa shape index (κ3) is 6.73. The van der Waals surface area contributed by atoms with Crippen LogP contribution in [0.3, 0.4) is 0 Å². The molecule has 28 heavy (non-hydrogen) atoms. The van der Waals surface area contributed by atoms with Crippen LogP contribution < -0.4 is 10.6 Å². The summed E-state index contributed by atoms with van der Waals surface area (Å²) in [5.41, 5.74) is 1.33. The van der Waals surface area contributed by atoms with Crippen molar-refractivity contribution in [2.24, 2.45) is 4.99 Å². The van der Waals surface area contributed by atoms with Crippen LogP contribution in [-0.4, -0.2) is 53.1 Å². The van der Waals surface area contributed by atoms with Crippen molar-refractivity contribution >= 4 is 29.9 Å². The molecule has 2 aromatic rings. The van der Waals surface area contributed by atoms with Crippen molar-refractivity contribution < 1.29 is 4.39 Å². The zero-order valence-electron chi connectivity index (χ0n) is 16.4. The third-order valence-corrected chi connectivity index (χ3v) is 4.73. The van der Waals surface area contributed by atoms with Gasteiger partial charge in [-0.25, -0.2) is 14.4 Å². The molecule has 2 heterocycles. The van der Waals surface area contributed by atoms with Gasteiger partial charge in [0.15, 0.2) is 5.96 Å². The van der Waals surface area contributed by atoms with Crippen molar-refractivity contribution in [2.45, 2.75) is 32.7 Å². The number of guanidine groups is 1. The first-order valence-corrected chi connectivity index (χ1v) is 9.77. The number of benzene rings is 1. The molecule has 0 saturated carbocycles. The Morgan fingerprint density at radius 1 is 1.21 bits per heavy atom. The fourth-order valence-electron chi connectivity index (χ4n) is 3.29. The summed E-state index contributed by atoms with van der Waals surface area (Å²) in [7, 11) is 0. The van der Waals surface area contributed by atoms with Gasteiger partial charge in [-0.3, -0.25) is 0 Å². The van der Waals surface area contributed by atoms with E-state index in [1.54, 1.807) is 29.4 Å². The van der Waals surface area contributed by atoms with Gasteiger partial charge in [-0.1, -0.05) is 12.5 Å². The molecule has 0 atom stereocenters. The molecule has 154 valence electrons. The lowest BCUT2D eigenvalue weighted by Crippen LogP contribution is -2.42. The van der Waals surface area contributed by atoms with Crippen molar-refractivity contribution in [3.8, 4) is 5.69 Å². The second kappa shape index (κ2) is 12.0. The molecule has 0 radical (unpaired) electrons. The zero-order valence-corrected chi connectivity index (χ0v) is 18.7. The normalized spacial score (nSPS) is 15.1. The van der Waals surface area contributed by atoms with E-state index in [1.165, 1.54) is 38.4 Å². The van der Waals surface area contributed by atoms with Crippen LogP contribution in [0.1, 0.15) is 31.7 Å². The highest BCUT2D eigenvalue weighted by Gasteiger charge is 2.09. The first-order valence-electron chi connectivity index (χ1n) is 9.77. The minimum Gasteiger partial charge on any atom is -0.357 e. The zero-order chi connectivity index (χ0) is 18.9. The summed E-state index contributed by atoms with van der Waals surface area (Å²) in [5, 5.41) is 6.63. The number of rotatable bonds is 7. The van der Waals surface area contributed by atoms with Crippen molar-refractivity contribution in [1.29, 1.82) is 0 Å². The minimum absolute atomic E-state index is 0. The molecule has 1 aromatic carbocycles. The minimum atomic E-state index is -0.274. The van der Waals surface area contributed by atoms with E-state index >= 15 is 0 Å². The number of nitrogens with zero attached hydrogens (tertiary/aromatic N) is 4. The van der Waals surface area contributed by atoms with Crippen LogP contribution in [0.25, 0.3) is 5.69 Å². The highest BCUT2D eigenvalue weighted by atomic mass is 127. The predicted octanol–water partition coefficient (Wildman–Crippen LogP) is 3.17. The molecule has 1 aliphatic rings. The van der Waals surface area contributed by atoms with Crippen molar-refractivity contribution in [2.75, 3.05) is 32.7 Å². The summed E-state index contributed by atoms with van der Waals surface area (Å²) in [5.74, 6) is 0.498. The monoisotopic (exact) mass is 500 g/mol. The Kier molecular flexibility index (Phi) is 9.69. The lowest BCUT2D eigenvalue weighted by Gasteiger charge is -2.26. The molecule has 0 amide bonds. The van der Waals surface area contributed by atoms with Crippen LogP contribution in [0.5, 0.6) is 0 Å². The molecule has 6 nitrogen and oxygen atoms in total. The van der Waals surface area contributed by atoms with Gasteiger partial charge in [0.05, 0.1) is 18.6 Å². The number of aliphatic imine (C=N–C) groups is 1. The summed E-state index contributed by atoms with van der Waals surface area (Å²) in [6, 6.07) is 5.20.